The van der Waals surface area contributed by atoms with E-state index in [1.54, 1.807) is 48.9 Å². The molecule has 1 amide bonds. The van der Waals surface area contributed by atoms with Gasteiger partial charge < -0.3 is 24.5 Å². The number of benzene rings is 2. The lowest BCUT2D eigenvalue weighted by Gasteiger charge is -2.27. The highest BCUT2D eigenvalue weighted by Crippen LogP contribution is 2.40. The molecule has 0 radical (unpaired) electrons. The summed E-state index contributed by atoms with van der Waals surface area (Å²) in [5.41, 5.74) is 2.88. The third kappa shape index (κ3) is 4.38. The van der Waals surface area contributed by atoms with E-state index in [2.05, 4.69) is 4.98 Å². The molecule has 0 aliphatic carbocycles. The number of rotatable bonds is 8. The number of ether oxygens (including phenoxy) is 2. The molecule has 188 valence electrons. The summed E-state index contributed by atoms with van der Waals surface area (Å²) in [5, 5.41) is 13.6. The molecule has 0 saturated carbocycles. The molecule has 37 heavy (non-hydrogen) atoms. The van der Waals surface area contributed by atoms with Gasteiger partial charge >= 0.3 is 5.97 Å². The van der Waals surface area contributed by atoms with Crippen LogP contribution in [0, 0.1) is 0 Å². The minimum atomic E-state index is -0.812. The number of aromatic nitrogens is 1. The van der Waals surface area contributed by atoms with Crippen LogP contribution >= 0.6 is 11.3 Å². The molecule has 1 aliphatic heterocycles. The molecule has 4 aromatic rings. The van der Waals surface area contributed by atoms with E-state index in [0.29, 0.717) is 22.4 Å². The molecular formula is C28H24N2O6S. The molecular weight excluding hydrogens is 492 g/mol. The zero-order valence-electron chi connectivity index (χ0n) is 20.2. The molecule has 8 nitrogen and oxygen atoms in total. The predicted octanol–water partition coefficient (Wildman–Crippen LogP) is 4.85. The Morgan fingerprint density at radius 2 is 1.89 bits per heavy atom. The lowest BCUT2D eigenvalue weighted by Crippen LogP contribution is -2.33. The minimum absolute atomic E-state index is 0.0267. The van der Waals surface area contributed by atoms with Crippen LogP contribution in [0.3, 0.4) is 0 Å². The molecule has 0 unspecified atom stereocenters. The van der Waals surface area contributed by atoms with Crippen molar-refractivity contribution in [1.29, 1.82) is 0 Å². The number of carbonyl (C=O) groups is 3. The summed E-state index contributed by atoms with van der Waals surface area (Å²) < 4.78 is 10.1. The van der Waals surface area contributed by atoms with Gasteiger partial charge in [-0.1, -0.05) is 18.2 Å². The maximum Gasteiger partial charge on any atom is 0.337 e. The number of hydrogen-bond acceptors (Lipinski definition) is 7. The van der Waals surface area contributed by atoms with Gasteiger partial charge in [0, 0.05) is 23.6 Å². The smallest absolute Gasteiger partial charge is 0.337 e. The summed E-state index contributed by atoms with van der Waals surface area (Å²) in [6, 6.07) is 14.8. The first-order valence-corrected chi connectivity index (χ1v) is 12.5. The first-order valence-electron chi connectivity index (χ1n) is 11.6. The summed E-state index contributed by atoms with van der Waals surface area (Å²) in [7, 11) is 2.90. The summed E-state index contributed by atoms with van der Waals surface area (Å²) in [5.74, 6) is -1.34. The Morgan fingerprint density at radius 1 is 1.11 bits per heavy atom. The van der Waals surface area contributed by atoms with E-state index in [9.17, 15) is 19.5 Å². The third-order valence-corrected chi connectivity index (χ3v) is 7.41. The van der Waals surface area contributed by atoms with Gasteiger partial charge in [0.15, 0.2) is 5.76 Å². The number of nitrogens with zero attached hydrogens (tertiary/aromatic N) is 1. The Balaban J connectivity index is 1.51. The van der Waals surface area contributed by atoms with Crippen LogP contribution < -0.4 is 4.74 Å². The Bertz CT molecular complexity index is 1520. The van der Waals surface area contributed by atoms with Gasteiger partial charge in [0.2, 0.25) is 5.78 Å². The van der Waals surface area contributed by atoms with E-state index in [-0.39, 0.29) is 12.1 Å². The molecule has 3 heterocycles. The minimum Gasteiger partial charge on any atom is -0.503 e. The van der Waals surface area contributed by atoms with Crippen molar-refractivity contribution in [2.24, 2.45) is 0 Å². The number of aliphatic hydroxyl groups excluding tert-OH is 1. The molecule has 0 saturated heterocycles. The maximum atomic E-state index is 13.4. The van der Waals surface area contributed by atoms with E-state index >= 15 is 0 Å². The Morgan fingerprint density at radius 3 is 2.57 bits per heavy atom. The van der Waals surface area contributed by atoms with Gasteiger partial charge in [0.25, 0.3) is 5.91 Å². The number of hydrogen-bond donors (Lipinski definition) is 2. The molecule has 0 bridgehead atoms. The highest BCUT2D eigenvalue weighted by Gasteiger charge is 2.43. The number of amides is 1. The number of ketones is 1. The quantitative estimate of drug-likeness (QED) is 0.256. The summed E-state index contributed by atoms with van der Waals surface area (Å²) in [6.07, 6.45) is 2.36. The molecule has 2 aromatic carbocycles. The van der Waals surface area contributed by atoms with Crippen molar-refractivity contribution in [3.63, 3.8) is 0 Å². The van der Waals surface area contributed by atoms with Crippen molar-refractivity contribution in [2.45, 2.75) is 12.5 Å². The van der Waals surface area contributed by atoms with Crippen molar-refractivity contribution in [2.75, 3.05) is 20.8 Å². The second-order valence-electron chi connectivity index (χ2n) is 8.56. The van der Waals surface area contributed by atoms with Crippen molar-refractivity contribution in [1.82, 2.24) is 9.88 Å². The van der Waals surface area contributed by atoms with Crippen LogP contribution in [-0.4, -0.2) is 53.4 Å². The van der Waals surface area contributed by atoms with Gasteiger partial charge in [-0.2, -0.15) is 0 Å². The van der Waals surface area contributed by atoms with E-state index in [1.807, 2.05) is 24.4 Å². The number of methoxy groups -OCH3 is 2. The number of fused-ring (bicyclic) bond motifs is 1. The molecule has 0 spiro atoms. The number of aliphatic hydroxyl groups is 1. The lowest BCUT2D eigenvalue weighted by atomic mass is 9.94. The highest BCUT2D eigenvalue weighted by atomic mass is 32.1. The zero-order chi connectivity index (χ0) is 26.1. The topological polar surface area (TPSA) is 109 Å². The first-order chi connectivity index (χ1) is 17.9. The normalized spacial score (nSPS) is 15.5. The second kappa shape index (κ2) is 9.94. The van der Waals surface area contributed by atoms with Crippen molar-refractivity contribution >= 4 is 39.9 Å². The second-order valence-corrected chi connectivity index (χ2v) is 9.51. The number of nitrogens with one attached hydrogen (secondary N) is 1. The van der Waals surface area contributed by atoms with Gasteiger partial charge in [-0.15, -0.1) is 11.3 Å². The number of carbonyl (C=O) groups excluding carboxylic acids is 3. The number of H-pyrrole nitrogens is 1. The third-order valence-electron chi connectivity index (χ3n) is 6.54. The van der Waals surface area contributed by atoms with Gasteiger partial charge in [-0.25, -0.2) is 4.79 Å². The molecule has 1 atom stereocenters. The van der Waals surface area contributed by atoms with Crippen molar-refractivity contribution in [3.05, 3.63) is 99.1 Å². The maximum absolute atomic E-state index is 13.4. The van der Waals surface area contributed by atoms with Crippen LogP contribution in [0.15, 0.2) is 77.5 Å². The standard InChI is InChI=1S/C28H24N2O6S/c1-35-19-9-10-21-20(14-19)18(15-29-21)11-12-30-24(16-5-7-17(8-6-16)28(34)36-2)23(26(32)27(30)33)25(31)22-4-3-13-37-22/h3-10,13-15,24,29,32H,11-12H2,1-2H3/t24-/m0/s1. The Hall–Kier alpha value is -4.37. The fourth-order valence-electron chi connectivity index (χ4n) is 4.65. The molecule has 2 N–H and O–H groups in total. The van der Waals surface area contributed by atoms with Crippen LogP contribution in [0.5, 0.6) is 5.75 Å². The summed E-state index contributed by atoms with van der Waals surface area (Å²) in [4.78, 5) is 43.8. The molecule has 9 heteroatoms. The molecule has 1 aliphatic rings. The van der Waals surface area contributed by atoms with Gasteiger partial charge in [0.1, 0.15) is 5.75 Å². The Labute approximate surface area is 216 Å². The number of aromatic amines is 1. The first kappa shape index (κ1) is 24.3. The fourth-order valence-corrected chi connectivity index (χ4v) is 5.33. The average Bonchev–Trinajstić information content (AvgIpc) is 3.66. The van der Waals surface area contributed by atoms with Crippen LogP contribution in [0.1, 0.15) is 37.2 Å². The Kier molecular flexibility index (Phi) is 6.54. The SMILES string of the molecule is COC(=O)c1ccc([C@H]2C(C(=O)c3cccs3)=C(O)C(=O)N2CCc2c[nH]c3ccc(OC)cc23)cc1. The molecule has 2 aromatic heterocycles. The average molecular weight is 517 g/mol. The molecule has 5 rings (SSSR count). The van der Waals surface area contributed by atoms with Crippen LogP contribution in [-0.2, 0) is 16.0 Å². The van der Waals surface area contributed by atoms with Crippen LogP contribution in [0.25, 0.3) is 10.9 Å². The predicted molar refractivity (Wildman–Crippen MR) is 139 cm³/mol. The van der Waals surface area contributed by atoms with Gasteiger partial charge in [0.05, 0.1) is 36.3 Å². The monoisotopic (exact) mass is 516 g/mol. The van der Waals surface area contributed by atoms with Crippen LogP contribution in [0.2, 0.25) is 0 Å². The lowest BCUT2D eigenvalue weighted by molar-refractivity contribution is -0.129. The van der Waals surface area contributed by atoms with E-state index in [4.69, 9.17) is 9.47 Å². The zero-order valence-corrected chi connectivity index (χ0v) is 21.0. The molecule has 0 fully saturated rings. The number of thiophene rings is 1. The van der Waals surface area contributed by atoms with E-state index in [1.165, 1.54) is 23.3 Å². The van der Waals surface area contributed by atoms with Crippen molar-refractivity contribution < 1.29 is 29.0 Å². The number of esters is 1. The van der Waals surface area contributed by atoms with Crippen LogP contribution in [0.4, 0.5) is 0 Å². The van der Waals surface area contributed by atoms with Crippen molar-refractivity contribution in [3.8, 4) is 5.75 Å². The largest absolute Gasteiger partial charge is 0.503 e. The fraction of sp³-hybridized carbons (Fsp3) is 0.179. The van der Waals surface area contributed by atoms with E-state index in [0.717, 1.165) is 22.2 Å². The van der Waals surface area contributed by atoms with Gasteiger partial charge in [-0.3, -0.25) is 9.59 Å². The summed E-state index contributed by atoms with van der Waals surface area (Å²) in [6.45, 7) is 0.248. The highest BCUT2D eigenvalue weighted by molar-refractivity contribution is 7.12. The van der Waals surface area contributed by atoms with E-state index < -0.39 is 29.5 Å². The summed E-state index contributed by atoms with van der Waals surface area (Å²) >= 11 is 1.24. The number of Topliss-reactive ketones (excluding diaryl/α,β-unsaturated/α-hetero) is 1. The van der Waals surface area contributed by atoms with Gasteiger partial charge in [-0.05, 0) is 59.3 Å².